The lowest BCUT2D eigenvalue weighted by molar-refractivity contribution is 0.0665. The molecule has 1 atom stereocenters. The monoisotopic (exact) mass is 483 g/mol. The first kappa shape index (κ1) is 21.9. The highest BCUT2D eigenvalue weighted by Crippen LogP contribution is 2.25. The molecule has 8 heteroatoms. The molecular weight excluding hydrogens is 458 g/mol. The Morgan fingerprint density at radius 2 is 1.97 bits per heavy atom. The summed E-state index contributed by atoms with van der Waals surface area (Å²) in [7, 11) is -3.12. The van der Waals surface area contributed by atoms with Crippen molar-refractivity contribution in [2.24, 2.45) is 0 Å². The van der Waals surface area contributed by atoms with Crippen LogP contribution in [0.25, 0.3) is 0 Å². The summed E-state index contributed by atoms with van der Waals surface area (Å²) in [5.74, 6) is 1.21. The number of sulfone groups is 1. The predicted molar refractivity (Wildman–Crippen MR) is 115 cm³/mol. The smallest absolute Gasteiger partial charge is 0.254 e. The molecule has 0 N–H and O–H groups in total. The molecule has 0 aliphatic carbocycles. The van der Waals surface area contributed by atoms with Gasteiger partial charge in [0.25, 0.3) is 5.91 Å². The minimum Gasteiger partial charge on any atom is -0.494 e. The molecule has 1 aliphatic heterocycles. The van der Waals surface area contributed by atoms with Crippen LogP contribution in [0.4, 0.5) is 0 Å². The first-order valence-electron chi connectivity index (χ1n) is 9.86. The van der Waals surface area contributed by atoms with E-state index in [0.29, 0.717) is 29.0 Å². The van der Waals surface area contributed by atoms with Crippen LogP contribution in [0.1, 0.15) is 48.7 Å². The van der Waals surface area contributed by atoms with Gasteiger partial charge >= 0.3 is 0 Å². The van der Waals surface area contributed by atoms with Gasteiger partial charge in [-0.15, -0.1) is 0 Å². The summed E-state index contributed by atoms with van der Waals surface area (Å²) >= 11 is 3.26. The molecule has 1 aromatic heterocycles. The number of amides is 1. The standard InChI is InChI=1S/C21H26BrNO5S/c1-2-3-4-12-27-18-7-5-16(6-8-18)21(24)23(14-19-9-10-20(22)28-19)17-11-13-29(25,26)15-17/h5-10,17H,2-4,11-15H2,1H3/t17-/m0/s1. The summed E-state index contributed by atoms with van der Waals surface area (Å²) in [4.78, 5) is 14.8. The molecule has 2 heterocycles. The molecule has 1 amide bonds. The van der Waals surface area contributed by atoms with Crippen molar-refractivity contribution in [1.82, 2.24) is 4.90 Å². The van der Waals surface area contributed by atoms with E-state index in [9.17, 15) is 13.2 Å². The number of hydrogen-bond acceptors (Lipinski definition) is 5. The van der Waals surface area contributed by atoms with Gasteiger partial charge in [0.05, 0.1) is 24.7 Å². The lowest BCUT2D eigenvalue weighted by Gasteiger charge is -2.27. The Bertz CT molecular complexity index is 923. The van der Waals surface area contributed by atoms with Crippen LogP contribution in [0.2, 0.25) is 0 Å². The third-order valence-corrected chi connectivity index (χ3v) is 7.16. The van der Waals surface area contributed by atoms with Crippen molar-refractivity contribution < 1.29 is 22.4 Å². The van der Waals surface area contributed by atoms with E-state index in [4.69, 9.17) is 9.15 Å². The molecule has 1 aromatic carbocycles. The van der Waals surface area contributed by atoms with Gasteiger partial charge in [-0.3, -0.25) is 4.79 Å². The fraction of sp³-hybridized carbons (Fsp3) is 0.476. The van der Waals surface area contributed by atoms with Gasteiger partial charge in [0.1, 0.15) is 11.5 Å². The Morgan fingerprint density at radius 1 is 1.21 bits per heavy atom. The second-order valence-corrected chi connectivity index (χ2v) is 10.3. The SMILES string of the molecule is CCCCCOc1ccc(C(=O)N(Cc2ccc(Br)o2)[C@H]2CCS(=O)(=O)C2)cc1. The average molecular weight is 484 g/mol. The minimum absolute atomic E-state index is 0.0146. The van der Waals surface area contributed by atoms with Crippen LogP contribution in [0, 0.1) is 0 Å². The second-order valence-electron chi connectivity index (χ2n) is 7.28. The van der Waals surface area contributed by atoms with Crippen molar-refractivity contribution in [3.8, 4) is 5.75 Å². The van der Waals surface area contributed by atoms with Crippen molar-refractivity contribution >= 4 is 31.7 Å². The lowest BCUT2D eigenvalue weighted by atomic mass is 10.1. The Labute approximate surface area is 180 Å². The van der Waals surface area contributed by atoms with Gasteiger partial charge in [-0.2, -0.15) is 0 Å². The van der Waals surface area contributed by atoms with E-state index in [0.717, 1.165) is 25.0 Å². The summed E-state index contributed by atoms with van der Waals surface area (Å²) in [5.41, 5.74) is 0.501. The van der Waals surface area contributed by atoms with Crippen molar-refractivity contribution in [2.45, 2.75) is 45.2 Å². The molecule has 1 fully saturated rings. The Kier molecular flexibility index (Phi) is 7.40. The highest BCUT2D eigenvalue weighted by atomic mass is 79.9. The largest absolute Gasteiger partial charge is 0.494 e. The Balaban J connectivity index is 1.73. The van der Waals surface area contributed by atoms with Crippen LogP contribution in [0.5, 0.6) is 5.75 Å². The van der Waals surface area contributed by atoms with Crippen molar-refractivity contribution in [3.05, 3.63) is 52.4 Å². The zero-order valence-electron chi connectivity index (χ0n) is 16.5. The average Bonchev–Trinajstić information content (AvgIpc) is 3.27. The maximum absolute atomic E-state index is 13.2. The van der Waals surface area contributed by atoms with E-state index < -0.39 is 9.84 Å². The third kappa shape index (κ3) is 6.09. The number of nitrogens with zero attached hydrogens (tertiary/aromatic N) is 1. The number of hydrogen-bond donors (Lipinski definition) is 0. The third-order valence-electron chi connectivity index (χ3n) is 4.98. The highest BCUT2D eigenvalue weighted by molar-refractivity contribution is 9.10. The van der Waals surface area contributed by atoms with Crippen molar-refractivity contribution in [3.63, 3.8) is 0 Å². The quantitative estimate of drug-likeness (QED) is 0.492. The first-order chi connectivity index (χ1) is 13.9. The molecule has 2 aromatic rings. The molecule has 0 radical (unpaired) electrons. The predicted octanol–water partition coefficient (Wildman–Crippen LogP) is 4.44. The molecule has 0 spiro atoms. The summed E-state index contributed by atoms with van der Waals surface area (Å²) in [6.07, 6.45) is 3.70. The molecule has 0 bridgehead atoms. The van der Waals surface area contributed by atoms with Crippen LogP contribution < -0.4 is 4.74 Å². The fourth-order valence-corrected chi connectivity index (χ4v) is 5.46. The van der Waals surface area contributed by atoms with E-state index >= 15 is 0 Å². The number of halogens is 1. The highest BCUT2D eigenvalue weighted by Gasteiger charge is 2.35. The summed E-state index contributed by atoms with van der Waals surface area (Å²) < 4.78 is 35.8. The normalized spacial score (nSPS) is 17.9. The topological polar surface area (TPSA) is 76.8 Å². The van der Waals surface area contributed by atoms with E-state index in [1.807, 2.05) is 0 Å². The fourth-order valence-electron chi connectivity index (χ4n) is 3.39. The summed E-state index contributed by atoms with van der Waals surface area (Å²) in [6, 6.07) is 10.2. The van der Waals surface area contributed by atoms with Crippen molar-refractivity contribution in [2.75, 3.05) is 18.1 Å². The zero-order chi connectivity index (χ0) is 20.9. The number of benzene rings is 1. The first-order valence-corrected chi connectivity index (χ1v) is 12.5. The molecule has 0 saturated carbocycles. The molecule has 1 saturated heterocycles. The maximum atomic E-state index is 13.2. The van der Waals surface area contributed by atoms with Crippen LogP contribution in [0.15, 0.2) is 45.5 Å². The Morgan fingerprint density at radius 3 is 2.55 bits per heavy atom. The van der Waals surface area contributed by atoms with Gasteiger partial charge in [-0.1, -0.05) is 19.8 Å². The maximum Gasteiger partial charge on any atom is 0.254 e. The molecule has 6 nitrogen and oxygen atoms in total. The van der Waals surface area contributed by atoms with Gasteiger partial charge in [0.15, 0.2) is 14.5 Å². The van der Waals surface area contributed by atoms with Gasteiger partial charge in [0.2, 0.25) is 0 Å². The van der Waals surface area contributed by atoms with Gasteiger partial charge in [-0.05, 0) is 65.2 Å². The Hall–Kier alpha value is -1.80. The number of carbonyl (C=O) groups excluding carboxylic acids is 1. The van der Waals surface area contributed by atoms with Gasteiger partial charge < -0.3 is 14.1 Å². The zero-order valence-corrected chi connectivity index (χ0v) is 18.9. The number of furan rings is 1. The van der Waals surface area contributed by atoms with Crippen molar-refractivity contribution in [1.29, 1.82) is 0 Å². The van der Waals surface area contributed by atoms with Gasteiger partial charge in [0, 0.05) is 11.6 Å². The molecule has 0 unspecified atom stereocenters. The number of unbranched alkanes of at least 4 members (excludes halogenated alkanes) is 2. The van der Waals surface area contributed by atoms with Crippen LogP contribution >= 0.6 is 15.9 Å². The van der Waals surface area contributed by atoms with E-state index in [-0.39, 0.29) is 30.0 Å². The van der Waals surface area contributed by atoms with Gasteiger partial charge in [-0.25, -0.2) is 8.42 Å². The van der Waals surface area contributed by atoms with E-state index in [1.54, 1.807) is 41.3 Å². The van der Waals surface area contributed by atoms with Crippen LogP contribution in [-0.4, -0.2) is 43.4 Å². The number of carbonyl (C=O) groups is 1. The summed E-state index contributed by atoms with van der Waals surface area (Å²) in [6.45, 7) is 3.02. The number of rotatable bonds is 9. The molecule has 29 heavy (non-hydrogen) atoms. The number of ether oxygens (including phenoxy) is 1. The lowest BCUT2D eigenvalue weighted by Crippen LogP contribution is -2.40. The summed E-state index contributed by atoms with van der Waals surface area (Å²) in [5, 5.41) is 0. The second kappa shape index (κ2) is 9.80. The molecule has 158 valence electrons. The van der Waals surface area contributed by atoms with E-state index in [1.165, 1.54) is 0 Å². The molecule has 3 rings (SSSR count). The molecular formula is C21H26BrNO5S. The van der Waals surface area contributed by atoms with Crippen LogP contribution in [0.3, 0.4) is 0 Å². The van der Waals surface area contributed by atoms with E-state index in [2.05, 4.69) is 22.9 Å². The van der Waals surface area contributed by atoms with Crippen LogP contribution in [-0.2, 0) is 16.4 Å². The minimum atomic E-state index is -3.12. The molecule has 1 aliphatic rings.